The van der Waals surface area contributed by atoms with Gasteiger partial charge in [0.1, 0.15) is 11.5 Å². The highest BCUT2D eigenvalue weighted by Crippen LogP contribution is 2.40. The van der Waals surface area contributed by atoms with E-state index in [1.807, 2.05) is 30.3 Å². The van der Waals surface area contributed by atoms with E-state index in [4.69, 9.17) is 4.74 Å². The van der Waals surface area contributed by atoms with Crippen LogP contribution < -0.4 is 4.74 Å². The fraction of sp³-hybridized carbons (Fsp3) is 0.125. The van der Waals surface area contributed by atoms with Crippen LogP contribution >= 0.6 is 0 Å². The molecular weight excluding hydrogens is 380 g/mol. The third-order valence-electron chi connectivity index (χ3n) is 5.10. The lowest BCUT2D eigenvalue weighted by Gasteiger charge is -2.25. The Labute approximate surface area is 174 Å². The number of rotatable bonds is 5. The molecule has 1 atom stereocenters. The Morgan fingerprint density at radius 1 is 1.03 bits per heavy atom. The second-order valence-electron chi connectivity index (χ2n) is 6.93. The van der Waals surface area contributed by atoms with Gasteiger partial charge in [0.15, 0.2) is 0 Å². The summed E-state index contributed by atoms with van der Waals surface area (Å²) in [5.74, 6) is -0.962. The Morgan fingerprint density at radius 2 is 1.77 bits per heavy atom. The molecule has 0 bridgehead atoms. The largest absolute Gasteiger partial charge is 0.507 e. The van der Waals surface area contributed by atoms with Gasteiger partial charge < -0.3 is 14.7 Å². The minimum Gasteiger partial charge on any atom is -0.507 e. The number of carbonyl (C=O) groups is 2. The Hall–Kier alpha value is -3.93. The summed E-state index contributed by atoms with van der Waals surface area (Å²) < 4.78 is 5.15. The van der Waals surface area contributed by atoms with Crippen LogP contribution in [0, 0.1) is 0 Å². The van der Waals surface area contributed by atoms with Gasteiger partial charge in [0.2, 0.25) is 0 Å². The van der Waals surface area contributed by atoms with Gasteiger partial charge in [-0.15, -0.1) is 0 Å². The summed E-state index contributed by atoms with van der Waals surface area (Å²) in [5.41, 5.74) is 2.02. The number of hydrogen-bond donors (Lipinski definition) is 1. The fourth-order valence-corrected chi connectivity index (χ4v) is 3.61. The number of methoxy groups -OCH3 is 1. The maximum Gasteiger partial charge on any atom is 0.295 e. The highest BCUT2D eigenvalue weighted by Gasteiger charge is 2.46. The molecule has 1 amide bonds. The van der Waals surface area contributed by atoms with Crippen LogP contribution in [0.3, 0.4) is 0 Å². The molecular formula is C24H20N2O4. The quantitative estimate of drug-likeness (QED) is 0.401. The summed E-state index contributed by atoms with van der Waals surface area (Å²) in [7, 11) is 1.55. The summed E-state index contributed by atoms with van der Waals surface area (Å²) in [5, 5.41) is 11.0. The van der Waals surface area contributed by atoms with E-state index >= 15 is 0 Å². The molecule has 6 nitrogen and oxygen atoms in total. The number of ketones is 1. The van der Waals surface area contributed by atoms with Crippen molar-refractivity contribution in [1.82, 2.24) is 9.88 Å². The number of nitrogens with zero attached hydrogens (tertiary/aromatic N) is 2. The van der Waals surface area contributed by atoms with E-state index in [0.717, 1.165) is 5.56 Å². The standard InChI is InChI=1S/C24H20N2O4/c1-30-19-11-9-17(10-12-19)22(27)20-21(18-8-5-13-25-14-18)26(24(29)23(20)28)15-16-6-3-2-4-7-16/h2-14,21,27H,15H2,1H3. The first kappa shape index (κ1) is 19.4. The lowest BCUT2D eigenvalue weighted by Crippen LogP contribution is -2.29. The zero-order valence-corrected chi connectivity index (χ0v) is 16.4. The van der Waals surface area contributed by atoms with Gasteiger partial charge in [0, 0.05) is 24.5 Å². The van der Waals surface area contributed by atoms with E-state index in [1.54, 1.807) is 55.9 Å². The zero-order valence-electron chi connectivity index (χ0n) is 16.4. The number of aliphatic hydroxyl groups excluding tert-OH is 1. The monoisotopic (exact) mass is 400 g/mol. The molecule has 1 aromatic heterocycles. The molecule has 150 valence electrons. The molecule has 0 spiro atoms. The normalized spacial score (nSPS) is 17.9. The molecule has 3 aromatic rings. The number of benzene rings is 2. The molecule has 0 aliphatic carbocycles. The van der Waals surface area contributed by atoms with Crippen molar-refractivity contribution >= 4 is 17.4 Å². The smallest absolute Gasteiger partial charge is 0.295 e. The molecule has 0 radical (unpaired) electrons. The maximum atomic E-state index is 13.0. The molecule has 30 heavy (non-hydrogen) atoms. The lowest BCUT2D eigenvalue weighted by molar-refractivity contribution is -0.140. The van der Waals surface area contributed by atoms with Crippen molar-refractivity contribution in [2.75, 3.05) is 7.11 Å². The number of hydrogen-bond acceptors (Lipinski definition) is 5. The van der Waals surface area contributed by atoms with Crippen LogP contribution in [0.2, 0.25) is 0 Å². The van der Waals surface area contributed by atoms with Gasteiger partial charge in [-0.25, -0.2) is 0 Å². The van der Waals surface area contributed by atoms with Gasteiger partial charge in [0.25, 0.3) is 11.7 Å². The molecule has 2 heterocycles. The van der Waals surface area contributed by atoms with Gasteiger partial charge >= 0.3 is 0 Å². The molecule has 0 saturated carbocycles. The van der Waals surface area contributed by atoms with Gasteiger partial charge in [-0.1, -0.05) is 36.4 Å². The number of pyridine rings is 1. The van der Waals surface area contributed by atoms with Crippen molar-refractivity contribution < 1.29 is 19.4 Å². The Bertz CT molecular complexity index is 1090. The Balaban J connectivity index is 1.83. The Morgan fingerprint density at radius 3 is 2.40 bits per heavy atom. The minimum absolute atomic E-state index is 0.0501. The van der Waals surface area contributed by atoms with Crippen molar-refractivity contribution in [3.8, 4) is 5.75 Å². The predicted molar refractivity (Wildman–Crippen MR) is 112 cm³/mol. The number of amides is 1. The summed E-state index contributed by atoms with van der Waals surface area (Å²) in [6.45, 7) is 0.240. The second-order valence-corrected chi connectivity index (χ2v) is 6.93. The lowest BCUT2D eigenvalue weighted by atomic mass is 9.96. The summed E-state index contributed by atoms with van der Waals surface area (Å²) in [6.07, 6.45) is 3.23. The molecule has 1 aliphatic rings. The van der Waals surface area contributed by atoms with Crippen molar-refractivity contribution in [2.45, 2.75) is 12.6 Å². The van der Waals surface area contributed by atoms with Gasteiger partial charge in [-0.3, -0.25) is 14.6 Å². The third-order valence-corrected chi connectivity index (χ3v) is 5.10. The molecule has 1 unspecified atom stereocenters. The summed E-state index contributed by atoms with van der Waals surface area (Å²) in [4.78, 5) is 31.5. The average Bonchev–Trinajstić information content (AvgIpc) is 3.05. The van der Waals surface area contributed by atoms with Crippen molar-refractivity contribution in [1.29, 1.82) is 0 Å². The van der Waals surface area contributed by atoms with E-state index in [2.05, 4.69) is 4.98 Å². The van der Waals surface area contributed by atoms with Crippen LogP contribution in [0.25, 0.3) is 5.76 Å². The van der Waals surface area contributed by atoms with Crippen LogP contribution in [0.1, 0.15) is 22.7 Å². The number of likely N-dealkylation sites (tertiary alicyclic amines) is 1. The number of ether oxygens (including phenoxy) is 1. The van der Waals surface area contributed by atoms with Crippen LogP contribution in [0.15, 0.2) is 84.7 Å². The van der Waals surface area contributed by atoms with Crippen LogP contribution in [0.5, 0.6) is 5.75 Å². The minimum atomic E-state index is -0.735. The first-order valence-electron chi connectivity index (χ1n) is 9.47. The molecule has 4 rings (SSSR count). The van der Waals surface area contributed by atoms with Gasteiger partial charge in [0.05, 0.1) is 18.7 Å². The predicted octanol–water partition coefficient (Wildman–Crippen LogP) is 3.71. The zero-order chi connectivity index (χ0) is 21.1. The third kappa shape index (κ3) is 3.55. The van der Waals surface area contributed by atoms with Gasteiger partial charge in [-0.05, 0) is 41.5 Å². The SMILES string of the molecule is COc1ccc(C(O)=C2C(=O)C(=O)N(Cc3ccccc3)C2c2cccnc2)cc1. The fourth-order valence-electron chi connectivity index (χ4n) is 3.61. The highest BCUT2D eigenvalue weighted by atomic mass is 16.5. The second kappa shape index (κ2) is 8.21. The van der Waals surface area contributed by atoms with Crippen molar-refractivity contribution in [3.63, 3.8) is 0 Å². The van der Waals surface area contributed by atoms with E-state index in [0.29, 0.717) is 16.9 Å². The number of aromatic nitrogens is 1. The molecule has 6 heteroatoms. The van der Waals surface area contributed by atoms with Gasteiger partial charge in [-0.2, -0.15) is 0 Å². The summed E-state index contributed by atoms with van der Waals surface area (Å²) >= 11 is 0. The molecule has 2 aromatic carbocycles. The van der Waals surface area contributed by atoms with Crippen LogP contribution in [0.4, 0.5) is 0 Å². The summed E-state index contributed by atoms with van der Waals surface area (Å²) in [6, 6.07) is 18.9. The number of carbonyl (C=O) groups excluding carboxylic acids is 2. The first-order valence-corrected chi connectivity index (χ1v) is 9.47. The maximum absolute atomic E-state index is 13.0. The average molecular weight is 400 g/mol. The Kier molecular flexibility index (Phi) is 5.30. The molecule has 1 aliphatic heterocycles. The van der Waals surface area contributed by atoms with Crippen LogP contribution in [-0.4, -0.2) is 33.8 Å². The van der Waals surface area contributed by atoms with Crippen molar-refractivity contribution in [2.24, 2.45) is 0 Å². The molecule has 1 fully saturated rings. The first-order chi connectivity index (χ1) is 14.6. The van der Waals surface area contributed by atoms with Crippen LogP contribution in [-0.2, 0) is 16.1 Å². The van der Waals surface area contributed by atoms with E-state index in [-0.39, 0.29) is 17.9 Å². The van der Waals surface area contributed by atoms with Crippen molar-refractivity contribution in [3.05, 3.63) is 101 Å². The van der Waals surface area contributed by atoms with E-state index in [1.165, 1.54) is 4.90 Å². The van der Waals surface area contributed by atoms with E-state index < -0.39 is 17.7 Å². The topological polar surface area (TPSA) is 79.7 Å². The molecule has 1 N–H and O–H groups in total. The highest BCUT2D eigenvalue weighted by molar-refractivity contribution is 6.46. The molecule has 1 saturated heterocycles. The number of Topliss-reactive ketones (excluding diaryl/α,β-unsaturated/α-hetero) is 1. The van der Waals surface area contributed by atoms with E-state index in [9.17, 15) is 14.7 Å². The number of aliphatic hydroxyl groups is 1.